The lowest BCUT2D eigenvalue weighted by Crippen LogP contribution is -2.30. The molecule has 0 bridgehead atoms. The van der Waals surface area contributed by atoms with E-state index in [4.69, 9.17) is 5.14 Å². The molecule has 2 heterocycles. The minimum atomic E-state index is -3.51. The van der Waals surface area contributed by atoms with Gasteiger partial charge >= 0.3 is 0 Å². The number of nitrogens with zero attached hydrogens (tertiary/aromatic N) is 3. The molecule has 106 valence electrons. The molecular formula is C11H18N4O3S. The minimum absolute atomic E-state index is 0.00795. The third-order valence-corrected chi connectivity index (χ3v) is 4.23. The topological polar surface area (TPSA) is 98.3 Å². The molecule has 2 rings (SSSR count). The molecule has 0 spiro atoms. The maximum atomic E-state index is 11.8. The number of likely N-dealkylation sites (tertiary alicyclic amines) is 1. The Hall–Kier alpha value is -1.41. The summed E-state index contributed by atoms with van der Waals surface area (Å²) in [6.07, 6.45) is 3.84. The summed E-state index contributed by atoms with van der Waals surface area (Å²) >= 11 is 0. The van der Waals surface area contributed by atoms with Crippen molar-refractivity contribution < 1.29 is 13.2 Å². The summed E-state index contributed by atoms with van der Waals surface area (Å²) in [5.74, 6) is 0.574. The van der Waals surface area contributed by atoms with E-state index in [1.165, 1.54) is 0 Å². The van der Waals surface area contributed by atoms with E-state index in [2.05, 4.69) is 4.98 Å². The van der Waals surface area contributed by atoms with Crippen LogP contribution in [-0.2, 0) is 21.4 Å². The van der Waals surface area contributed by atoms with Crippen LogP contribution in [0.2, 0.25) is 0 Å². The number of primary sulfonamides is 1. The van der Waals surface area contributed by atoms with Crippen molar-refractivity contribution in [3.05, 3.63) is 18.2 Å². The second-order valence-electron chi connectivity index (χ2n) is 4.91. The molecule has 0 aromatic carbocycles. The van der Waals surface area contributed by atoms with Gasteiger partial charge in [0.1, 0.15) is 5.82 Å². The van der Waals surface area contributed by atoms with E-state index >= 15 is 0 Å². The van der Waals surface area contributed by atoms with Crippen LogP contribution < -0.4 is 5.14 Å². The monoisotopic (exact) mass is 286 g/mol. The van der Waals surface area contributed by atoms with Gasteiger partial charge < -0.3 is 9.47 Å². The lowest BCUT2D eigenvalue weighted by atomic mass is 10.1. The van der Waals surface area contributed by atoms with Crippen LogP contribution in [0.25, 0.3) is 0 Å². The van der Waals surface area contributed by atoms with Crippen LogP contribution in [0.3, 0.4) is 0 Å². The number of aryl methyl sites for hydroxylation is 1. The second kappa shape index (κ2) is 5.30. The van der Waals surface area contributed by atoms with Gasteiger partial charge in [0.2, 0.25) is 15.9 Å². The average molecular weight is 286 g/mol. The number of amides is 1. The largest absolute Gasteiger partial charge is 0.341 e. The van der Waals surface area contributed by atoms with Crippen LogP contribution in [0.4, 0.5) is 0 Å². The third-order valence-electron chi connectivity index (χ3n) is 3.30. The van der Waals surface area contributed by atoms with E-state index in [-0.39, 0.29) is 24.0 Å². The first kappa shape index (κ1) is 14.0. The lowest BCUT2D eigenvalue weighted by molar-refractivity contribution is -0.127. The minimum Gasteiger partial charge on any atom is -0.341 e. The number of carbonyl (C=O) groups is 1. The summed E-state index contributed by atoms with van der Waals surface area (Å²) in [6.45, 7) is 3.59. The second-order valence-corrected chi connectivity index (χ2v) is 6.57. The number of nitrogens with two attached hydrogens (primary N) is 1. The zero-order chi connectivity index (χ0) is 14.0. The van der Waals surface area contributed by atoms with Crippen molar-refractivity contribution >= 4 is 15.9 Å². The number of aromatic nitrogens is 2. The van der Waals surface area contributed by atoms with E-state index in [0.29, 0.717) is 19.6 Å². The Balaban J connectivity index is 1.89. The Morgan fingerprint density at radius 2 is 2.21 bits per heavy atom. The maximum absolute atomic E-state index is 11.8. The van der Waals surface area contributed by atoms with Crippen LogP contribution in [0, 0.1) is 12.8 Å². The van der Waals surface area contributed by atoms with E-state index in [0.717, 1.165) is 5.82 Å². The van der Waals surface area contributed by atoms with E-state index in [1.54, 1.807) is 11.1 Å². The summed E-state index contributed by atoms with van der Waals surface area (Å²) < 4.78 is 24.0. The zero-order valence-corrected chi connectivity index (χ0v) is 11.6. The first-order valence-corrected chi connectivity index (χ1v) is 7.82. The summed E-state index contributed by atoms with van der Waals surface area (Å²) in [7, 11) is -3.51. The van der Waals surface area contributed by atoms with Gasteiger partial charge in [-0.05, 0) is 6.92 Å². The Kier molecular flexibility index (Phi) is 3.91. The first-order chi connectivity index (χ1) is 8.85. The van der Waals surface area contributed by atoms with Crippen molar-refractivity contribution in [3.8, 4) is 0 Å². The molecule has 0 radical (unpaired) electrons. The summed E-state index contributed by atoms with van der Waals surface area (Å²) in [5.41, 5.74) is 0. The molecule has 1 amide bonds. The highest BCUT2D eigenvalue weighted by Gasteiger charge is 2.31. The molecule has 1 aromatic heterocycles. The Labute approximate surface area is 112 Å². The fourth-order valence-electron chi connectivity index (χ4n) is 2.38. The van der Waals surface area contributed by atoms with Crippen LogP contribution in [0.15, 0.2) is 12.4 Å². The summed E-state index contributed by atoms with van der Waals surface area (Å²) in [4.78, 5) is 17.6. The van der Waals surface area contributed by atoms with Gasteiger partial charge in [0.05, 0.1) is 5.75 Å². The van der Waals surface area contributed by atoms with Gasteiger partial charge in [-0.1, -0.05) is 0 Å². The molecular weight excluding hydrogens is 268 g/mol. The number of carbonyl (C=O) groups excluding carboxylic acids is 1. The van der Waals surface area contributed by atoms with Crippen LogP contribution in [0.1, 0.15) is 12.2 Å². The number of hydrogen-bond donors (Lipinski definition) is 1. The number of hydrogen-bond acceptors (Lipinski definition) is 4. The fraction of sp³-hybridized carbons (Fsp3) is 0.636. The summed E-state index contributed by atoms with van der Waals surface area (Å²) in [5, 5.41) is 5.01. The van der Waals surface area contributed by atoms with Gasteiger partial charge in [0.15, 0.2) is 0 Å². The molecule has 1 aliphatic heterocycles. The summed E-state index contributed by atoms with van der Waals surface area (Å²) in [6, 6.07) is 0. The number of rotatable bonds is 5. The molecule has 8 heteroatoms. The van der Waals surface area contributed by atoms with Crippen molar-refractivity contribution in [2.45, 2.75) is 19.9 Å². The Morgan fingerprint density at radius 1 is 1.47 bits per heavy atom. The molecule has 1 aliphatic rings. The lowest BCUT2D eigenvalue weighted by Gasteiger charge is -2.17. The predicted molar refractivity (Wildman–Crippen MR) is 69.6 cm³/mol. The molecule has 19 heavy (non-hydrogen) atoms. The predicted octanol–water partition coefficient (Wildman–Crippen LogP) is -0.671. The Morgan fingerprint density at radius 3 is 2.79 bits per heavy atom. The van der Waals surface area contributed by atoms with Gasteiger partial charge in [-0.3, -0.25) is 4.79 Å². The highest BCUT2D eigenvalue weighted by molar-refractivity contribution is 7.89. The number of sulfonamides is 1. The van der Waals surface area contributed by atoms with Crippen molar-refractivity contribution in [2.24, 2.45) is 11.1 Å². The van der Waals surface area contributed by atoms with Crippen LogP contribution >= 0.6 is 0 Å². The van der Waals surface area contributed by atoms with Crippen LogP contribution in [-0.4, -0.2) is 47.6 Å². The zero-order valence-electron chi connectivity index (χ0n) is 10.8. The van der Waals surface area contributed by atoms with Gasteiger partial charge in [0.25, 0.3) is 0 Å². The quantitative estimate of drug-likeness (QED) is 0.776. The SMILES string of the molecule is Cc1nccn1CCN1CC(CS(N)(=O)=O)CC1=O. The fourth-order valence-corrected chi connectivity index (χ4v) is 3.26. The molecule has 0 aliphatic carbocycles. The van der Waals surface area contributed by atoms with E-state index < -0.39 is 10.0 Å². The normalized spacial score (nSPS) is 20.2. The van der Waals surface area contributed by atoms with Crippen molar-refractivity contribution in [2.75, 3.05) is 18.8 Å². The van der Waals surface area contributed by atoms with Crippen molar-refractivity contribution in [1.29, 1.82) is 0 Å². The Bertz CT molecular complexity index is 566. The number of imidazole rings is 1. The van der Waals surface area contributed by atoms with Crippen LogP contribution in [0.5, 0.6) is 0 Å². The van der Waals surface area contributed by atoms with Crippen molar-refractivity contribution in [3.63, 3.8) is 0 Å². The molecule has 7 nitrogen and oxygen atoms in total. The van der Waals surface area contributed by atoms with Gasteiger partial charge in [-0.15, -0.1) is 0 Å². The van der Waals surface area contributed by atoms with E-state index in [1.807, 2.05) is 17.7 Å². The van der Waals surface area contributed by atoms with Gasteiger partial charge in [-0.25, -0.2) is 18.5 Å². The maximum Gasteiger partial charge on any atom is 0.223 e. The average Bonchev–Trinajstić information content (AvgIpc) is 2.80. The molecule has 0 saturated carbocycles. The van der Waals surface area contributed by atoms with Gasteiger partial charge in [-0.2, -0.15) is 0 Å². The smallest absolute Gasteiger partial charge is 0.223 e. The molecule has 2 N–H and O–H groups in total. The first-order valence-electron chi connectivity index (χ1n) is 6.11. The molecule has 1 atom stereocenters. The molecule has 1 aromatic rings. The van der Waals surface area contributed by atoms with Crippen molar-refractivity contribution in [1.82, 2.24) is 14.5 Å². The standard InChI is InChI=1S/C11H18N4O3S/c1-9-13-2-3-14(9)4-5-15-7-10(6-11(15)16)8-19(12,17)18/h2-3,10H,4-8H2,1H3,(H2,12,17,18). The highest BCUT2D eigenvalue weighted by atomic mass is 32.2. The third kappa shape index (κ3) is 3.77. The highest BCUT2D eigenvalue weighted by Crippen LogP contribution is 2.18. The molecule has 1 fully saturated rings. The van der Waals surface area contributed by atoms with Gasteiger partial charge in [0, 0.05) is 44.4 Å². The molecule has 1 saturated heterocycles. The van der Waals surface area contributed by atoms with E-state index in [9.17, 15) is 13.2 Å². The molecule has 1 unspecified atom stereocenters.